The van der Waals surface area contributed by atoms with Crippen LogP contribution in [-0.2, 0) is 22.2 Å². The van der Waals surface area contributed by atoms with Crippen molar-refractivity contribution in [1.29, 1.82) is 0 Å². The van der Waals surface area contributed by atoms with E-state index in [1.165, 1.54) is 21.6 Å². The Bertz CT molecular complexity index is 1120. The highest BCUT2D eigenvalue weighted by molar-refractivity contribution is 5.96. The van der Waals surface area contributed by atoms with Crippen LogP contribution in [-0.4, -0.2) is 23.4 Å². The highest BCUT2D eigenvalue weighted by atomic mass is 16.2. The number of allylic oxidation sites excluding steroid dienone is 2. The number of carbonyl (C=O) groups excluding carboxylic acids is 2. The van der Waals surface area contributed by atoms with Gasteiger partial charge in [0.25, 0.3) is 0 Å². The molecule has 0 unspecified atom stereocenters. The van der Waals surface area contributed by atoms with Crippen molar-refractivity contribution in [2.45, 2.75) is 58.4 Å². The average molecular weight is 429 g/mol. The molecule has 32 heavy (non-hydrogen) atoms. The highest BCUT2D eigenvalue weighted by Crippen LogP contribution is 2.43. The van der Waals surface area contributed by atoms with Crippen LogP contribution in [0.1, 0.15) is 67.5 Å². The number of carbonyl (C=O) groups is 2. The van der Waals surface area contributed by atoms with Crippen molar-refractivity contribution in [1.82, 2.24) is 10.2 Å². The third-order valence-corrected chi connectivity index (χ3v) is 6.80. The van der Waals surface area contributed by atoms with E-state index in [4.69, 9.17) is 0 Å². The molecule has 2 aromatic carbocycles. The smallest absolute Gasteiger partial charge is 0.324 e. The van der Waals surface area contributed by atoms with Gasteiger partial charge in [-0.15, -0.1) is 0 Å². The third kappa shape index (κ3) is 3.90. The molecule has 0 spiro atoms. The summed E-state index contributed by atoms with van der Waals surface area (Å²) in [7, 11) is 0. The van der Waals surface area contributed by atoms with Crippen molar-refractivity contribution in [3.05, 3.63) is 88.5 Å². The van der Waals surface area contributed by atoms with Gasteiger partial charge in [0.05, 0.1) is 6.54 Å². The molecule has 0 saturated carbocycles. The Morgan fingerprint density at radius 1 is 1.00 bits per heavy atom. The quantitative estimate of drug-likeness (QED) is 0.642. The lowest BCUT2D eigenvalue weighted by molar-refractivity contribution is -0.129. The zero-order valence-corrected chi connectivity index (χ0v) is 19.7. The summed E-state index contributed by atoms with van der Waals surface area (Å²) in [6.45, 7) is 16.3. The Morgan fingerprint density at radius 3 is 2.19 bits per heavy atom. The van der Waals surface area contributed by atoms with E-state index in [1.807, 2.05) is 24.3 Å². The Labute approximate surface area is 191 Å². The Balaban J connectivity index is 1.62. The lowest BCUT2D eigenvalue weighted by Crippen LogP contribution is -2.49. The molecule has 0 atom stereocenters. The molecular weight excluding hydrogens is 396 g/mol. The van der Waals surface area contributed by atoms with Crippen LogP contribution in [0.15, 0.2) is 55.1 Å². The minimum absolute atomic E-state index is 0.00923. The molecule has 4 heteroatoms. The number of hydrogen-bond acceptors (Lipinski definition) is 2. The fourth-order valence-corrected chi connectivity index (χ4v) is 4.62. The summed E-state index contributed by atoms with van der Waals surface area (Å²) >= 11 is 0. The number of urea groups is 1. The molecule has 1 aliphatic carbocycles. The SMILES string of the molecule is C=C(c1ccc(CN2C(=O)CCNC2=O)cc1)c1cc2c(cc1C)C(C)(C)C=CC2(C)C. The molecule has 1 fully saturated rings. The minimum Gasteiger partial charge on any atom is -0.337 e. The Morgan fingerprint density at radius 2 is 1.59 bits per heavy atom. The van der Waals surface area contributed by atoms with Gasteiger partial charge in [-0.3, -0.25) is 9.69 Å². The molecule has 1 aliphatic heterocycles. The first-order chi connectivity index (χ1) is 15.0. The van der Waals surface area contributed by atoms with Crippen molar-refractivity contribution in [3.63, 3.8) is 0 Å². The van der Waals surface area contributed by atoms with Crippen LogP contribution in [0.4, 0.5) is 4.79 Å². The minimum atomic E-state index is -0.320. The summed E-state index contributed by atoms with van der Waals surface area (Å²) in [6.07, 6.45) is 4.97. The van der Waals surface area contributed by atoms with Crippen LogP contribution < -0.4 is 5.32 Å². The molecule has 2 aliphatic rings. The third-order valence-electron chi connectivity index (χ3n) is 6.80. The maximum Gasteiger partial charge on any atom is 0.324 e. The number of imide groups is 1. The maximum absolute atomic E-state index is 12.1. The van der Waals surface area contributed by atoms with Gasteiger partial charge in [-0.2, -0.15) is 0 Å². The summed E-state index contributed by atoms with van der Waals surface area (Å²) in [5.41, 5.74) is 8.00. The first kappa shape index (κ1) is 22.1. The van der Waals surface area contributed by atoms with E-state index in [2.05, 4.69) is 70.8 Å². The summed E-state index contributed by atoms with van der Waals surface area (Å²) in [4.78, 5) is 25.3. The van der Waals surface area contributed by atoms with Gasteiger partial charge >= 0.3 is 6.03 Å². The normalized spacial score (nSPS) is 18.8. The average Bonchev–Trinajstić information content (AvgIpc) is 2.74. The summed E-state index contributed by atoms with van der Waals surface area (Å²) < 4.78 is 0. The molecule has 0 aromatic heterocycles. The number of amides is 3. The zero-order chi connectivity index (χ0) is 23.3. The van der Waals surface area contributed by atoms with Gasteiger partial charge in [0.1, 0.15) is 0 Å². The van der Waals surface area contributed by atoms with Gasteiger partial charge in [-0.25, -0.2) is 4.79 Å². The van der Waals surface area contributed by atoms with Crippen LogP contribution in [0.3, 0.4) is 0 Å². The monoisotopic (exact) mass is 428 g/mol. The zero-order valence-electron chi connectivity index (χ0n) is 19.7. The largest absolute Gasteiger partial charge is 0.337 e. The summed E-state index contributed by atoms with van der Waals surface area (Å²) in [5, 5.41) is 2.72. The van der Waals surface area contributed by atoms with Gasteiger partial charge in [0, 0.05) is 23.8 Å². The van der Waals surface area contributed by atoms with Crippen LogP contribution in [0, 0.1) is 6.92 Å². The molecule has 0 bridgehead atoms. The van der Waals surface area contributed by atoms with E-state index in [1.54, 1.807) is 0 Å². The second kappa shape index (κ2) is 7.77. The molecule has 4 rings (SSSR count). The van der Waals surface area contributed by atoms with Crippen LogP contribution in [0.5, 0.6) is 0 Å². The molecule has 0 radical (unpaired) electrons. The van der Waals surface area contributed by atoms with E-state index >= 15 is 0 Å². The number of hydrogen-bond donors (Lipinski definition) is 1. The molecule has 166 valence electrons. The lowest BCUT2D eigenvalue weighted by atomic mass is 9.67. The first-order valence-corrected chi connectivity index (χ1v) is 11.2. The highest BCUT2D eigenvalue weighted by Gasteiger charge is 2.33. The second-order valence-corrected chi connectivity index (χ2v) is 10.1. The van der Waals surface area contributed by atoms with E-state index in [-0.39, 0.29) is 29.3 Å². The van der Waals surface area contributed by atoms with E-state index < -0.39 is 0 Å². The summed E-state index contributed by atoms with van der Waals surface area (Å²) in [5.74, 6) is -0.133. The maximum atomic E-state index is 12.1. The topological polar surface area (TPSA) is 49.4 Å². The number of fused-ring (bicyclic) bond motifs is 1. The van der Waals surface area contributed by atoms with Gasteiger partial charge in [0.2, 0.25) is 5.91 Å². The van der Waals surface area contributed by atoms with E-state index in [0.29, 0.717) is 13.0 Å². The predicted octanol–water partition coefficient (Wildman–Crippen LogP) is 5.62. The van der Waals surface area contributed by atoms with Crippen molar-refractivity contribution in [3.8, 4) is 0 Å². The second-order valence-electron chi connectivity index (χ2n) is 10.1. The molecule has 2 aromatic rings. The van der Waals surface area contributed by atoms with E-state index in [0.717, 1.165) is 22.3 Å². The van der Waals surface area contributed by atoms with Gasteiger partial charge in [-0.1, -0.05) is 76.8 Å². The van der Waals surface area contributed by atoms with Crippen LogP contribution >= 0.6 is 0 Å². The molecule has 1 saturated heterocycles. The van der Waals surface area contributed by atoms with Gasteiger partial charge in [0.15, 0.2) is 0 Å². The Kier molecular flexibility index (Phi) is 5.36. The number of rotatable bonds is 4. The van der Waals surface area contributed by atoms with Gasteiger partial charge in [-0.05, 0) is 51.9 Å². The molecular formula is C28H32N2O2. The predicted molar refractivity (Wildman–Crippen MR) is 130 cm³/mol. The van der Waals surface area contributed by atoms with Crippen LogP contribution in [0.25, 0.3) is 5.57 Å². The van der Waals surface area contributed by atoms with Crippen LogP contribution in [0.2, 0.25) is 0 Å². The molecule has 4 nitrogen and oxygen atoms in total. The van der Waals surface area contributed by atoms with E-state index in [9.17, 15) is 9.59 Å². The van der Waals surface area contributed by atoms with Gasteiger partial charge < -0.3 is 5.32 Å². The molecule has 3 amide bonds. The molecule has 1 heterocycles. The fraction of sp³-hybridized carbons (Fsp3) is 0.357. The Hall–Kier alpha value is -3.14. The number of nitrogens with one attached hydrogen (secondary N) is 1. The summed E-state index contributed by atoms with van der Waals surface area (Å²) in [6, 6.07) is 12.3. The standard InChI is InChI=1S/C28H32N2O2/c1-18-15-23-24(28(5,6)13-12-27(23,3)4)16-22(18)19(2)21-9-7-20(8-10-21)17-30-25(31)11-14-29-26(30)32/h7-10,12-13,15-16H,2,11,14,17H2,1,3-6H3,(H,29,32). The number of aryl methyl sites for hydroxylation is 1. The van der Waals surface area contributed by atoms with Crippen molar-refractivity contribution >= 4 is 17.5 Å². The fourth-order valence-electron chi connectivity index (χ4n) is 4.62. The number of benzene rings is 2. The van der Waals surface area contributed by atoms with Crippen molar-refractivity contribution in [2.24, 2.45) is 0 Å². The first-order valence-electron chi connectivity index (χ1n) is 11.2. The number of nitrogens with zero attached hydrogens (tertiary/aromatic N) is 1. The lowest BCUT2D eigenvalue weighted by Gasteiger charge is -2.37. The molecule has 1 N–H and O–H groups in total. The van der Waals surface area contributed by atoms with Crippen molar-refractivity contribution in [2.75, 3.05) is 6.54 Å². The van der Waals surface area contributed by atoms with Crippen molar-refractivity contribution < 1.29 is 9.59 Å².